The van der Waals surface area contributed by atoms with Crippen molar-refractivity contribution in [1.82, 2.24) is 4.98 Å². The molecule has 4 heteroatoms. The number of benzene rings is 1. The van der Waals surface area contributed by atoms with E-state index in [0.717, 1.165) is 5.56 Å². The molecule has 0 aliphatic carbocycles. The lowest BCUT2D eigenvalue weighted by Crippen LogP contribution is -2.22. The lowest BCUT2D eigenvalue weighted by Gasteiger charge is -2.20. The summed E-state index contributed by atoms with van der Waals surface area (Å²) in [6, 6.07) is 10.5. The van der Waals surface area contributed by atoms with Gasteiger partial charge in [-0.3, -0.25) is 4.98 Å². The second-order valence-corrected chi connectivity index (χ2v) is 5.30. The first kappa shape index (κ1) is 13.1. The van der Waals surface area contributed by atoms with E-state index in [9.17, 15) is 4.39 Å². The average Bonchev–Trinajstić information content (AvgIpc) is 2.38. The summed E-state index contributed by atoms with van der Waals surface area (Å²) in [5, 5.41) is -0.00407. The highest BCUT2D eigenvalue weighted by Crippen LogP contribution is 2.37. The van der Waals surface area contributed by atoms with Gasteiger partial charge in [0.1, 0.15) is 5.82 Å². The Kier molecular flexibility index (Phi) is 4.33. The summed E-state index contributed by atoms with van der Waals surface area (Å²) in [5.41, 5.74) is 7.01. The number of hydrogen-bond acceptors (Lipinski definition) is 3. The summed E-state index contributed by atoms with van der Waals surface area (Å²) < 4.78 is 13.7. The monoisotopic (exact) mass is 262 g/mol. The van der Waals surface area contributed by atoms with Crippen LogP contribution in [0.2, 0.25) is 0 Å². The van der Waals surface area contributed by atoms with Gasteiger partial charge in [0.15, 0.2) is 0 Å². The van der Waals surface area contributed by atoms with E-state index in [1.54, 1.807) is 24.5 Å². The molecule has 0 spiro atoms. The van der Waals surface area contributed by atoms with Crippen molar-refractivity contribution in [3.8, 4) is 0 Å². The summed E-state index contributed by atoms with van der Waals surface area (Å²) in [6.07, 6.45) is 3.50. The number of nitrogens with zero attached hydrogens (tertiary/aromatic N) is 1. The molecule has 18 heavy (non-hydrogen) atoms. The molecule has 2 rings (SSSR count). The minimum absolute atomic E-state index is 0.00407. The fraction of sp³-hybridized carbons (Fsp3) is 0.214. The van der Waals surface area contributed by atoms with Crippen LogP contribution >= 0.6 is 11.8 Å². The van der Waals surface area contributed by atoms with Gasteiger partial charge in [0.05, 0.1) is 5.25 Å². The molecular formula is C14H15FN2S. The van der Waals surface area contributed by atoms with E-state index < -0.39 is 0 Å². The normalized spacial score (nSPS) is 14.2. The summed E-state index contributed by atoms with van der Waals surface area (Å²) >= 11 is 1.44. The maximum atomic E-state index is 13.7. The fourth-order valence-corrected chi connectivity index (χ4v) is 2.80. The maximum absolute atomic E-state index is 13.7. The smallest absolute Gasteiger partial charge is 0.136 e. The Morgan fingerprint density at radius 1 is 1.22 bits per heavy atom. The van der Waals surface area contributed by atoms with Crippen LogP contribution in [0, 0.1) is 5.82 Å². The molecule has 0 fully saturated rings. The number of thioether (sulfide) groups is 1. The van der Waals surface area contributed by atoms with Crippen molar-refractivity contribution < 1.29 is 4.39 Å². The van der Waals surface area contributed by atoms with Gasteiger partial charge in [0.25, 0.3) is 0 Å². The molecule has 0 radical (unpaired) electrons. The number of pyridine rings is 1. The van der Waals surface area contributed by atoms with Crippen LogP contribution in [-0.4, -0.2) is 11.0 Å². The van der Waals surface area contributed by atoms with Gasteiger partial charge in [0.2, 0.25) is 0 Å². The molecule has 1 aromatic carbocycles. The highest BCUT2D eigenvalue weighted by atomic mass is 32.2. The van der Waals surface area contributed by atoms with Crippen molar-refractivity contribution in [2.45, 2.75) is 23.1 Å². The van der Waals surface area contributed by atoms with Crippen molar-refractivity contribution in [3.63, 3.8) is 0 Å². The molecule has 94 valence electrons. The van der Waals surface area contributed by atoms with Gasteiger partial charge >= 0.3 is 0 Å². The summed E-state index contributed by atoms with van der Waals surface area (Å²) in [4.78, 5) is 4.70. The number of nitrogens with two attached hydrogens (primary N) is 1. The van der Waals surface area contributed by atoms with E-state index in [1.165, 1.54) is 17.8 Å². The third-order valence-electron chi connectivity index (χ3n) is 2.58. The predicted octanol–water partition coefficient (Wildman–Crippen LogP) is 3.40. The zero-order valence-electron chi connectivity index (χ0n) is 10.1. The Bertz CT molecular complexity index is 502. The molecule has 0 amide bonds. The summed E-state index contributed by atoms with van der Waals surface area (Å²) in [5.74, 6) is -0.211. The van der Waals surface area contributed by atoms with E-state index >= 15 is 0 Å². The lowest BCUT2D eigenvalue weighted by atomic mass is 10.1. The van der Waals surface area contributed by atoms with Crippen LogP contribution in [0.5, 0.6) is 0 Å². The van der Waals surface area contributed by atoms with E-state index in [0.29, 0.717) is 4.90 Å². The van der Waals surface area contributed by atoms with Gasteiger partial charge in [-0.05, 0) is 30.7 Å². The standard InChI is InChI=1S/C14H15FN2S/c1-10(16)14(11-5-4-8-17-9-11)18-13-7-3-2-6-12(13)15/h2-10,14H,16H2,1H3. The molecular weight excluding hydrogens is 247 g/mol. The van der Waals surface area contributed by atoms with E-state index in [-0.39, 0.29) is 17.1 Å². The van der Waals surface area contributed by atoms with Crippen LogP contribution in [0.1, 0.15) is 17.7 Å². The molecule has 0 aliphatic heterocycles. The Hall–Kier alpha value is -1.39. The van der Waals surface area contributed by atoms with E-state index in [1.807, 2.05) is 25.1 Å². The van der Waals surface area contributed by atoms with Crippen LogP contribution in [0.3, 0.4) is 0 Å². The van der Waals surface area contributed by atoms with Gasteiger partial charge in [-0.15, -0.1) is 11.8 Å². The largest absolute Gasteiger partial charge is 0.327 e. The third-order valence-corrected chi connectivity index (χ3v) is 4.12. The van der Waals surface area contributed by atoms with Gasteiger partial charge in [-0.25, -0.2) is 4.39 Å². The summed E-state index contributed by atoms with van der Waals surface area (Å²) in [7, 11) is 0. The fourth-order valence-electron chi connectivity index (χ4n) is 1.70. The zero-order valence-corrected chi connectivity index (χ0v) is 10.9. The maximum Gasteiger partial charge on any atom is 0.136 e. The summed E-state index contributed by atoms with van der Waals surface area (Å²) in [6.45, 7) is 1.92. The highest BCUT2D eigenvalue weighted by Gasteiger charge is 2.19. The number of aromatic nitrogens is 1. The SMILES string of the molecule is CC(N)C(Sc1ccccc1F)c1cccnc1. The Morgan fingerprint density at radius 2 is 2.00 bits per heavy atom. The minimum Gasteiger partial charge on any atom is -0.327 e. The van der Waals surface area contributed by atoms with Crippen LogP contribution in [0.4, 0.5) is 4.39 Å². The molecule has 0 bridgehead atoms. The topological polar surface area (TPSA) is 38.9 Å². The molecule has 2 N–H and O–H groups in total. The molecule has 1 aromatic heterocycles. The van der Waals surface area contributed by atoms with Crippen LogP contribution in [0.25, 0.3) is 0 Å². The van der Waals surface area contributed by atoms with Crippen molar-refractivity contribution in [1.29, 1.82) is 0 Å². The highest BCUT2D eigenvalue weighted by molar-refractivity contribution is 7.99. The Balaban J connectivity index is 2.26. The van der Waals surface area contributed by atoms with Crippen LogP contribution in [0.15, 0.2) is 53.7 Å². The average molecular weight is 262 g/mol. The van der Waals surface area contributed by atoms with Gasteiger partial charge in [-0.2, -0.15) is 0 Å². The van der Waals surface area contributed by atoms with Crippen molar-refractivity contribution >= 4 is 11.8 Å². The zero-order chi connectivity index (χ0) is 13.0. The lowest BCUT2D eigenvalue weighted by molar-refractivity contribution is 0.600. The van der Waals surface area contributed by atoms with E-state index in [2.05, 4.69) is 4.98 Å². The minimum atomic E-state index is -0.211. The first-order valence-electron chi connectivity index (χ1n) is 5.75. The molecule has 0 saturated heterocycles. The predicted molar refractivity (Wildman–Crippen MR) is 72.9 cm³/mol. The quantitative estimate of drug-likeness (QED) is 0.858. The molecule has 2 unspecified atom stereocenters. The molecule has 2 atom stereocenters. The van der Waals surface area contributed by atoms with Crippen molar-refractivity contribution in [2.24, 2.45) is 5.73 Å². The van der Waals surface area contributed by atoms with Crippen LogP contribution in [-0.2, 0) is 0 Å². The Morgan fingerprint density at radius 3 is 2.61 bits per heavy atom. The van der Waals surface area contributed by atoms with Gasteiger partial charge in [0, 0.05) is 23.3 Å². The number of hydrogen-bond donors (Lipinski definition) is 1. The molecule has 2 nitrogen and oxygen atoms in total. The molecule has 2 aromatic rings. The van der Waals surface area contributed by atoms with E-state index in [4.69, 9.17) is 5.73 Å². The third kappa shape index (κ3) is 3.09. The first-order valence-corrected chi connectivity index (χ1v) is 6.63. The van der Waals surface area contributed by atoms with Gasteiger partial charge in [-0.1, -0.05) is 18.2 Å². The Labute approximate surface area is 110 Å². The first-order chi connectivity index (χ1) is 8.68. The molecule has 0 saturated carbocycles. The van der Waals surface area contributed by atoms with Crippen LogP contribution < -0.4 is 5.73 Å². The van der Waals surface area contributed by atoms with Crippen molar-refractivity contribution in [2.75, 3.05) is 0 Å². The molecule has 0 aliphatic rings. The second kappa shape index (κ2) is 5.98. The second-order valence-electron chi connectivity index (χ2n) is 4.11. The number of rotatable bonds is 4. The number of halogens is 1. The van der Waals surface area contributed by atoms with Gasteiger partial charge < -0.3 is 5.73 Å². The molecule has 1 heterocycles. The van der Waals surface area contributed by atoms with Crippen molar-refractivity contribution in [3.05, 3.63) is 60.2 Å².